The molecule has 4 heterocycles. The van der Waals surface area contributed by atoms with E-state index in [9.17, 15) is 0 Å². The topological polar surface area (TPSA) is 43.6 Å². The molecule has 10 rings (SSSR count). The average Bonchev–Trinajstić information content (AvgIpc) is 3.80. The van der Waals surface area contributed by atoms with Crippen LogP contribution in [0.5, 0.6) is 0 Å². The molecule has 208 valence electrons. The first-order valence-electron chi connectivity index (χ1n) is 15.0. The smallest absolute Gasteiger partial charge is 0.178 e. The van der Waals surface area contributed by atoms with Gasteiger partial charge in [0.05, 0.1) is 5.69 Å². The fraction of sp³-hybridized carbons (Fsp3) is 0.0750. The molecular formula is C40H26N2O2. The number of hydrogen-bond acceptors (Lipinski definition) is 3. The molecular weight excluding hydrogens is 540 g/mol. The Kier molecular flexibility index (Phi) is 4.49. The molecule has 0 spiro atoms. The molecule has 0 amide bonds. The van der Waals surface area contributed by atoms with Crippen molar-refractivity contribution in [3.8, 4) is 33.5 Å². The summed E-state index contributed by atoms with van der Waals surface area (Å²) in [6.07, 6.45) is 4.16. The van der Waals surface area contributed by atoms with Crippen LogP contribution in [-0.4, -0.2) is 9.38 Å². The van der Waals surface area contributed by atoms with Crippen molar-refractivity contribution in [1.29, 1.82) is 0 Å². The third kappa shape index (κ3) is 3.14. The highest BCUT2D eigenvalue weighted by Crippen LogP contribution is 2.51. The molecule has 0 saturated carbocycles. The molecule has 1 aliphatic carbocycles. The molecule has 0 aliphatic heterocycles. The summed E-state index contributed by atoms with van der Waals surface area (Å²) >= 11 is 0. The number of para-hydroxylation sites is 1. The van der Waals surface area contributed by atoms with Crippen LogP contribution in [0.4, 0.5) is 0 Å². The number of benzene rings is 5. The number of hydrogen-bond donors (Lipinski definition) is 0. The van der Waals surface area contributed by atoms with Crippen molar-refractivity contribution >= 4 is 49.5 Å². The molecule has 0 radical (unpaired) electrons. The summed E-state index contributed by atoms with van der Waals surface area (Å²) in [4.78, 5) is 4.88. The van der Waals surface area contributed by atoms with E-state index in [0.29, 0.717) is 0 Å². The summed E-state index contributed by atoms with van der Waals surface area (Å²) in [5.74, 6) is 0. The molecule has 0 unspecified atom stereocenters. The highest BCUT2D eigenvalue weighted by Gasteiger charge is 2.36. The number of aromatic nitrogens is 2. The molecule has 0 saturated heterocycles. The van der Waals surface area contributed by atoms with E-state index in [1.165, 1.54) is 33.4 Å². The van der Waals surface area contributed by atoms with Gasteiger partial charge in [-0.05, 0) is 88.0 Å². The Labute approximate surface area is 252 Å². The maximum atomic E-state index is 6.40. The van der Waals surface area contributed by atoms with Crippen molar-refractivity contribution in [3.63, 3.8) is 0 Å². The second-order valence-corrected chi connectivity index (χ2v) is 12.5. The fourth-order valence-electron chi connectivity index (χ4n) is 7.35. The van der Waals surface area contributed by atoms with E-state index in [2.05, 4.69) is 97.2 Å². The van der Waals surface area contributed by atoms with Gasteiger partial charge in [0.25, 0.3) is 0 Å². The van der Waals surface area contributed by atoms with Crippen molar-refractivity contribution in [3.05, 3.63) is 133 Å². The Balaban J connectivity index is 1.08. The van der Waals surface area contributed by atoms with E-state index in [4.69, 9.17) is 13.8 Å². The van der Waals surface area contributed by atoms with E-state index in [1.54, 1.807) is 0 Å². The monoisotopic (exact) mass is 566 g/mol. The molecule has 4 aromatic heterocycles. The Morgan fingerprint density at radius 2 is 1.20 bits per heavy atom. The van der Waals surface area contributed by atoms with E-state index in [-0.39, 0.29) is 5.41 Å². The zero-order valence-corrected chi connectivity index (χ0v) is 24.3. The molecule has 0 bridgehead atoms. The van der Waals surface area contributed by atoms with Crippen LogP contribution >= 0.6 is 0 Å². The van der Waals surface area contributed by atoms with Gasteiger partial charge >= 0.3 is 0 Å². The van der Waals surface area contributed by atoms with Crippen LogP contribution in [0.3, 0.4) is 0 Å². The maximum Gasteiger partial charge on any atom is 0.178 e. The summed E-state index contributed by atoms with van der Waals surface area (Å²) in [5, 5.41) is 4.36. The summed E-state index contributed by atoms with van der Waals surface area (Å²) in [7, 11) is 0. The minimum absolute atomic E-state index is 0.144. The van der Waals surface area contributed by atoms with Crippen LogP contribution in [0.25, 0.3) is 83.0 Å². The lowest BCUT2D eigenvalue weighted by Crippen LogP contribution is -2.15. The van der Waals surface area contributed by atoms with Gasteiger partial charge in [0.1, 0.15) is 16.8 Å². The minimum Gasteiger partial charge on any atom is -0.452 e. The second kappa shape index (κ2) is 8.27. The Morgan fingerprint density at radius 3 is 2.00 bits per heavy atom. The summed E-state index contributed by atoms with van der Waals surface area (Å²) < 4.78 is 14.7. The molecule has 0 atom stereocenters. The van der Waals surface area contributed by atoms with Crippen molar-refractivity contribution in [2.75, 3.05) is 0 Å². The van der Waals surface area contributed by atoms with Crippen molar-refractivity contribution in [2.24, 2.45) is 0 Å². The third-order valence-corrected chi connectivity index (χ3v) is 9.65. The number of furan rings is 2. The second-order valence-electron chi connectivity index (χ2n) is 12.5. The van der Waals surface area contributed by atoms with Gasteiger partial charge in [-0.15, -0.1) is 0 Å². The first-order chi connectivity index (χ1) is 21.5. The molecule has 4 nitrogen and oxygen atoms in total. The molecule has 44 heavy (non-hydrogen) atoms. The number of imidazole rings is 1. The van der Waals surface area contributed by atoms with Gasteiger partial charge in [-0.2, -0.15) is 0 Å². The summed E-state index contributed by atoms with van der Waals surface area (Å²) in [5.41, 5.74) is 14.0. The van der Waals surface area contributed by atoms with Crippen LogP contribution in [0.15, 0.2) is 130 Å². The van der Waals surface area contributed by atoms with E-state index in [1.807, 2.05) is 42.6 Å². The quantitative estimate of drug-likeness (QED) is 0.209. The molecule has 0 fully saturated rings. The predicted molar refractivity (Wildman–Crippen MR) is 178 cm³/mol. The Hall–Kier alpha value is -5.61. The normalized spacial score (nSPS) is 13.9. The molecule has 0 N–H and O–H groups in total. The Bertz CT molecular complexity index is 2610. The SMILES string of the molecule is CC1(C)c2cc(-c3ccc4oc5c(ccc6c7ccccc7oc65)c4c3)ccc2-c2ccc(-c3cn4ccccc4n3)cc21. The van der Waals surface area contributed by atoms with Crippen LogP contribution < -0.4 is 0 Å². The van der Waals surface area contributed by atoms with Gasteiger partial charge in [0, 0.05) is 44.9 Å². The lowest BCUT2D eigenvalue weighted by atomic mass is 9.81. The number of pyridine rings is 1. The van der Waals surface area contributed by atoms with E-state index >= 15 is 0 Å². The zero-order valence-electron chi connectivity index (χ0n) is 24.3. The fourth-order valence-corrected chi connectivity index (χ4v) is 7.35. The summed E-state index contributed by atoms with van der Waals surface area (Å²) in [6, 6.07) is 38.8. The number of rotatable bonds is 2. The van der Waals surface area contributed by atoms with Gasteiger partial charge in [-0.1, -0.05) is 68.4 Å². The van der Waals surface area contributed by atoms with Crippen LogP contribution in [0, 0.1) is 0 Å². The molecule has 1 aliphatic rings. The van der Waals surface area contributed by atoms with Crippen molar-refractivity contribution in [2.45, 2.75) is 19.3 Å². The minimum atomic E-state index is -0.144. The zero-order chi connectivity index (χ0) is 29.2. The summed E-state index contributed by atoms with van der Waals surface area (Å²) in [6.45, 7) is 4.67. The van der Waals surface area contributed by atoms with Gasteiger partial charge in [0.15, 0.2) is 11.2 Å². The highest BCUT2D eigenvalue weighted by atomic mass is 16.4. The maximum absolute atomic E-state index is 6.40. The Morgan fingerprint density at radius 1 is 0.568 bits per heavy atom. The highest BCUT2D eigenvalue weighted by molar-refractivity contribution is 6.19. The first-order valence-corrected chi connectivity index (χ1v) is 15.0. The van der Waals surface area contributed by atoms with Gasteiger partial charge in [-0.3, -0.25) is 0 Å². The molecule has 9 aromatic rings. The van der Waals surface area contributed by atoms with Gasteiger partial charge < -0.3 is 13.2 Å². The van der Waals surface area contributed by atoms with Crippen molar-refractivity contribution < 1.29 is 8.83 Å². The molecule has 4 heteroatoms. The van der Waals surface area contributed by atoms with Crippen LogP contribution in [-0.2, 0) is 5.41 Å². The third-order valence-electron chi connectivity index (χ3n) is 9.65. The van der Waals surface area contributed by atoms with E-state index in [0.717, 1.165) is 60.8 Å². The molecule has 5 aromatic carbocycles. The standard InChI is InChI=1S/C40H26N2O2/c1-40(2)32-20-24(10-13-26(32)27-14-11-25(21-33(27)40)34-22-42-18-6-5-9-37(42)41-34)23-12-17-36-31(19-23)30-16-15-29-28-7-3-4-8-35(28)43-38(29)39(30)44-36/h3-22H,1-2H3. The van der Waals surface area contributed by atoms with Crippen molar-refractivity contribution in [1.82, 2.24) is 9.38 Å². The van der Waals surface area contributed by atoms with Crippen LogP contribution in [0.1, 0.15) is 25.0 Å². The van der Waals surface area contributed by atoms with Crippen LogP contribution in [0.2, 0.25) is 0 Å². The van der Waals surface area contributed by atoms with Gasteiger partial charge in [-0.25, -0.2) is 4.98 Å². The van der Waals surface area contributed by atoms with E-state index < -0.39 is 0 Å². The number of fused-ring (bicyclic) bond motifs is 11. The number of nitrogens with zero attached hydrogens (tertiary/aromatic N) is 2. The predicted octanol–water partition coefficient (Wildman–Crippen LogP) is 10.8. The first kappa shape index (κ1) is 23.9. The average molecular weight is 567 g/mol. The lowest BCUT2D eigenvalue weighted by Gasteiger charge is -2.22. The lowest BCUT2D eigenvalue weighted by molar-refractivity contribution is 0.633. The van der Waals surface area contributed by atoms with Gasteiger partial charge in [0.2, 0.25) is 0 Å². The largest absolute Gasteiger partial charge is 0.452 e.